The number of ether oxygens (including phenoxy) is 3. The highest BCUT2D eigenvalue weighted by atomic mass is 35.5. The van der Waals surface area contributed by atoms with E-state index in [2.05, 4.69) is 4.90 Å². The van der Waals surface area contributed by atoms with Crippen molar-refractivity contribution in [3.63, 3.8) is 0 Å². The molecule has 8 heteroatoms. The fraction of sp³-hybridized carbons (Fsp3) is 0.455. The van der Waals surface area contributed by atoms with Gasteiger partial charge in [0.25, 0.3) is 0 Å². The summed E-state index contributed by atoms with van der Waals surface area (Å²) in [7, 11) is 0. The van der Waals surface area contributed by atoms with E-state index in [1.165, 1.54) is 0 Å². The number of benzene rings is 2. The van der Waals surface area contributed by atoms with Gasteiger partial charge in [-0.25, -0.2) is 0 Å². The second kappa shape index (κ2) is 12.9. The van der Waals surface area contributed by atoms with Crippen molar-refractivity contribution in [1.29, 1.82) is 0 Å². The van der Waals surface area contributed by atoms with E-state index in [9.17, 15) is 0 Å². The lowest BCUT2D eigenvalue weighted by Crippen LogP contribution is -2.37. The van der Waals surface area contributed by atoms with Crippen molar-refractivity contribution in [3.8, 4) is 11.5 Å². The monoisotopic (exact) mass is 489 g/mol. The van der Waals surface area contributed by atoms with Crippen LogP contribution < -0.4 is 9.47 Å². The highest BCUT2D eigenvalue weighted by Gasteiger charge is 2.11. The Morgan fingerprint density at radius 2 is 1.57 bits per heavy atom. The molecule has 0 spiro atoms. The molecule has 30 heavy (non-hydrogen) atoms. The van der Waals surface area contributed by atoms with Gasteiger partial charge in [0.15, 0.2) is 5.75 Å². The maximum atomic E-state index is 6.35. The zero-order valence-corrected chi connectivity index (χ0v) is 19.8. The Labute approximate surface area is 197 Å². The smallest absolute Gasteiger partial charge is 0.156 e. The number of halogens is 3. The largest absolute Gasteiger partial charge is 0.494 e. The van der Waals surface area contributed by atoms with Gasteiger partial charge >= 0.3 is 0 Å². The first-order chi connectivity index (χ1) is 14.7. The summed E-state index contributed by atoms with van der Waals surface area (Å²) in [4.78, 5) is 4.45. The van der Waals surface area contributed by atoms with Gasteiger partial charge in [0.1, 0.15) is 5.75 Å². The van der Waals surface area contributed by atoms with Crippen molar-refractivity contribution in [2.75, 3.05) is 51.9 Å². The molecule has 1 heterocycles. The number of nitrogens with zero attached hydrogens (tertiary/aromatic N) is 1. The van der Waals surface area contributed by atoms with Gasteiger partial charge < -0.3 is 14.2 Å². The van der Waals surface area contributed by atoms with Gasteiger partial charge in [0, 0.05) is 35.3 Å². The summed E-state index contributed by atoms with van der Waals surface area (Å²) in [6, 6.07) is 11.8. The molecule has 0 atom stereocenters. The van der Waals surface area contributed by atoms with Gasteiger partial charge in [-0.3, -0.25) is 4.90 Å². The number of alkyl halides is 1. The van der Waals surface area contributed by atoms with Crippen LogP contribution in [-0.4, -0.2) is 56.8 Å². The summed E-state index contributed by atoms with van der Waals surface area (Å²) in [6.07, 6.45) is 1.75. The van der Waals surface area contributed by atoms with Crippen LogP contribution in [0.25, 0.3) is 0 Å². The summed E-state index contributed by atoms with van der Waals surface area (Å²) >= 11 is 20.0. The Morgan fingerprint density at radius 1 is 0.900 bits per heavy atom. The molecule has 3 rings (SSSR count). The molecule has 2 aromatic carbocycles. The fourth-order valence-electron chi connectivity index (χ4n) is 3.01. The lowest BCUT2D eigenvalue weighted by atomic mass is 10.3. The highest BCUT2D eigenvalue weighted by Crippen LogP contribution is 2.39. The molecular formula is C22H26Cl3NO3S. The molecule has 4 nitrogen and oxygen atoms in total. The molecule has 0 amide bonds. The molecular weight excluding hydrogens is 465 g/mol. The SMILES string of the molecule is ClCCCOc1c(Cl)cc(Sc2ccc(OCCCN3CCOCC3)cc2)cc1Cl. The molecule has 164 valence electrons. The number of morpholine rings is 1. The Hall–Kier alpha value is -0.820. The average Bonchev–Trinajstić information content (AvgIpc) is 2.75. The summed E-state index contributed by atoms with van der Waals surface area (Å²) in [5.41, 5.74) is 0. The molecule has 0 unspecified atom stereocenters. The van der Waals surface area contributed by atoms with Crippen LogP contribution in [0, 0.1) is 0 Å². The summed E-state index contributed by atoms with van der Waals surface area (Å²) < 4.78 is 16.9. The molecule has 0 aromatic heterocycles. The minimum atomic E-state index is 0.489. The second-order valence-electron chi connectivity index (χ2n) is 6.84. The van der Waals surface area contributed by atoms with Crippen LogP contribution in [0.15, 0.2) is 46.2 Å². The van der Waals surface area contributed by atoms with Crippen molar-refractivity contribution in [3.05, 3.63) is 46.4 Å². The van der Waals surface area contributed by atoms with Gasteiger partial charge in [0.05, 0.1) is 36.5 Å². The minimum Gasteiger partial charge on any atom is -0.494 e. The summed E-state index contributed by atoms with van der Waals surface area (Å²) in [6.45, 7) is 5.94. The van der Waals surface area contributed by atoms with Crippen molar-refractivity contribution in [2.45, 2.75) is 22.6 Å². The van der Waals surface area contributed by atoms with Crippen LogP contribution in [0.2, 0.25) is 10.0 Å². The van der Waals surface area contributed by atoms with Crippen LogP contribution in [0.4, 0.5) is 0 Å². The van der Waals surface area contributed by atoms with Gasteiger partial charge in [0.2, 0.25) is 0 Å². The molecule has 0 bridgehead atoms. The van der Waals surface area contributed by atoms with Crippen molar-refractivity contribution < 1.29 is 14.2 Å². The molecule has 2 aromatic rings. The lowest BCUT2D eigenvalue weighted by Gasteiger charge is -2.26. The Bertz CT molecular complexity index is 763. The molecule has 0 saturated carbocycles. The Kier molecular flexibility index (Phi) is 10.2. The van der Waals surface area contributed by atoms with E-state index in [4.69, 9.17) is 49.0 Å². The van der Waals surface area contributed by atoms with Gasteiger partial charge in [-0.05, 0) is 49.2 Å². The van der Waals surface area contributed by atoms with Gasteiger partial charge in [-0.15, -0.1) is 11.6 Å². The molecule has 1 aliphatic heterocycles. The number of hydrogen-bond donors (Lipinski definition) is 0. The van der Waals surface area contributed by atoms with E-state index < -0.39 is 0 Å². The van der Waals surface area contributed by atoms with E-state index in [0.717, 1.165) is 61.2 Å². The predicted octanol–water partition coefficient (Wildman–Crippen LogP) is 6.25. The third kappa shape index (κ3) is 7.70. The van der Waals surface area contributed by atoms with Gasteiger partial charge in [-0.1, -0.05) is 35.0 Å². The Morgan fingerprint density at radius 3 is 2.23 bits per heavy atom. The third-order valence-corrected chi connectivity index (χ3v) is 6.35. The topological polar surface area (TPSA) is 30.9 Å². The second-order valence-corrected chi connectivity index (χ2v) is 9.18. The highest BCUT2D eigenvalue weighted by molar-refractivity contribution is 7.99. The normalized spacial score (nSPS) is 14.6. The molecule has 1 aliphatic rings. The van der Waals surface area contributed by atoms with Crippen LogP contribution in [0.5, 0.6) is 11.5 Å². The summed E-state index contributed by atoms with van der Waals surface area (Å²) in [5, 5.41) is 1.000. The molecule has 0 aliphatic carbocycles. The average molecular weight is 491 g/mol. The molecule has 0 radical (unpaired) electrons. The maximum Gasteiger partial charge on any atom is 0.156 e. The molecule has 1 fully saturated rings. The zero-order valence-electron chi connectivity index (χ0n) is 16.7. The first-order valence-electron chi connectivity index (χ1n) is 10.0. The van der Waals surface area contributed by atoms with Crippen molar-refractivity contribution in [1.82, 2.24) is 4.90 Å². The predicted molar refractivity (Wildman–Crippen MR) is 125 cm³/mol. The van der Waals surface area contributed by atoms with Crippen molar-refractivity contribution >= 4 is 46.6 Å². The van der Waals surface area contributed by atoms with E-state index in [1.807, 2.05) is 36.4 Å². The zero-order chi connectivity index (χ0) is 21.2. The van der Waals surface area contributed by atoms with Crippen LogP contribution in [0.1, 0.15) is 12.8 Å². The molecule has 1 saturated heterocycles. The summed E-state index contributed by atoms with van der Waals surface area (Å²) in [5.74, 6) is 1.92. The van der Waals surface area contributed by atoms with E-state index in [0.29, 0.717) is 34.9 Å². The third-order valence-electron chi connectivity index (χ3n) is 4.55. The van der Waals surface area contributed by atoms with E-state index >= 15 is 0 Å². The lowest BCUT2D eigenvalue weighted by molar-refractivity contribution is 0.0358. The first-order valence-corrected chi connectivity index (χ1v) is 12.1. The number of rotatable bonds is 11. The molecule has 0 N–H and O–H groups in total. The fourth-order valence-corrected chi connectivity index (χ4v) is 4.74. The quantitative estimate of drug-likeness (QED) is 0.274. The van der Waals surface area contributed by atoms with Crippen LogP contribution >= 0.6 is 46.6 Å². The van der Waals surface area contributed by atoms with Crippen molar-refractivity contribution in [2.24, 2.45) is 0 Å². The minimum absolute atomic E-state index is 0.489. The standard InChI is InChI=1S/C22H26Cl3NO3S/c23-7-1-11-29-22-20(24)15-19(16-21(22)25)30-18-5-3-17(4-6-18)28-12-2-8-26-9-13-27-14-10-26/h3-6,15-16H,1-2,7-14H2. The Balaban J connectivity index is 1.46. The first kappa shape index (κ1) is 23.8. The van der Waals surface area contributed by atoms with Crippen LogP contribution in [0.3, 0.4) is 0 Å². The van der Waals surface area contributed by atoms with E-state index in [1.54, 1.807) is 11.8 Å². The number of hydrogen-bond acceptors (Lipinski definition) is 5. The van der Waals surface area contributed by atoms with E-state index in [-0.39, 0.29) is 0 Å². The van der Waals surface area contributed by atoms with Gasteiger partial charge in [-0.2, -0.15) is 0 Å². The van der Waals surface area contributed by atoms with Crippen LogP contribution in [-0.2, 0) is 4.74 Å². The maximum absolute atomic E-state index is 6.35.